The van der Waals surface area contributed by atoms with Gasteiger partial charge in [-0.3, -0.25) is 0 Å². The highest BCUT2D eigenvalue weighted by molar-refractivity contribution is 7.80. The smallest absolute Gasteiger partial charge is 0.472 e. The van der Waals surface area contributed by atoms with Gasteiger partial charge in [-0.25, -0.2) is 0 Å². The van der Waals surface area contributed by atoms with Gasteiger partial charge < -0.3 is 14.5 Å². The summed E-state index contributed by atoms with van der Waals surface area (Å²) in [5.74, 6) is 0. The SMILES string of the molecule is OB(O)c1cc(S)co1. The number of rotatable bonds is 1. The number of hydrogen-bond donors (Lipinski definition) is 3. The Bertz CT molecular complexity index is 197. The molecule has 5 heteroatoms. The molecule has 3 nitrogen and oxygen atoms in total. The van der Waals surface area contributed by atoms with Gasteiger partial charge in [0.1, 0.15) is 11.9 Å². The van der Waals surface area contributed by atoms with Crippen molar-refractivity contribution in [1.29, 1.82) is 0 Å². The first-order valence-corrected chi connectivity index (χ1v) is 2.78. The van der Waals surface area contributed by atoms with Crippen LogP contribution in [-0.2, 0) is 0 Å². The highest BCUT2D eigenvalue weighted by atomic mass is 32.1. The summed E-state index contributed by atoms with van der Waals surface area (Å²) < 4.78 is 4.65. The molecule has 1 aromatic rings. The van der Waals surface area contributed by atoms with Gasteiger partial charge in [-0.15, -0.1) is 12.6 Å². The van der Waals surface area contributed by atoms with Crippen molar-refractivity contribution in [2.45, 2.75) is 4.90 Å². The van der Waals surface area contributed by atoms with E-state index in [4.69, 9.17) is 10.0 Å². The Kier molecular flexibility index (Phi) is 1.85. The molecule has 9 heavy (non-hydrogen) atoms. The summed E-state index contributed by atoms with van der Waals surface area (Å²) >= 11 is 3.88. The van der Waals surface area contributed by atoms with Gasteiger partial charge in [-0.1, -0.05) is 0 Å². The Morgan fingerprint density at radius 3 is 2.44 bits per heavy atom. The minimum atomic E-state index is -1.54. The van der Waals surface area contributed by atoms with Crippen LogP contribution in [0.4, 0.5) is 0 Å². The molecular formula is C4H5BO3S. The first-order valence-electron chi connectivity index (χ1n) is 2.33. The van der Waals surface area contributed by atoms with Crippen LogP contribution in [0.3, 0.4) is 0 Å². The summed E-state index contributed by atoms with van der Waals surface area (Å²) in [6.45, 7) is 0. The molecule has 0 aliphatic carbocycles. The fourth-order valence-corrected chi connectivity index (χ4v) is 0.658. The first kappa shape index (κ1) is 6.73. The van der Waals surface area contributed by atoms with Crippen LogP contribution < -0.4 is 5.66 Å². The van der Waals surface area contributed by atoms with Crippen molar-refractivity contribution in [3.63, 3.8) is 0 Å². The van der Waals surface area contributed by atoms with Crippen LogP contribution in [0, 0.1) is 0 Å². The maximum atomic E-state index is 8.46. The molecule has 0 fully saturated rings. The number of thiol groups is 1. The lowest BCUT2D eigenvalue weighted by Gasteiger charge is -1.86. The molecule has 0 saturated carbocycles. The molecule has 0 amide bonds. The van der Waals surface area contributed by atoms with Gasteiger partial charge in [-0.2, -0.15) is 0 Å². The summed E-state index contributed by atoms with van der Waals surface area (Å²) in [5, 5.41) is 16.9. The summed E-state index contributed by atoms with van der Waals surface area (Å²) in [6, 6.07) is 1.44. The van der Waals surface area contributed by atoms with Crippen molar-refractivity contribution in [1.82, 2.24) is 0 Å². The first-order chi connectivity index (χ1) is 4.20. The quantitative estimate of drug-likeness (QED) is 0.359. The van der Waals surface area contributed by atoms with Crippen LogP contribution in [0.15, 0.2) is 21.6 Å². The van der Waals surface area contributed by atoms with Gasteiger partial charge in [0.05, 0.1) is 0 Å². The summed E-state index contributed by atoms with van der Waals surface area (Å²) in [6.07, 6.45) is 1.33. The molecule has 1 heterocycles. The fourth-order valence-electron chi connectivity index (χ4n) is 0.478. The highest BCUT2D eigenvalue weighted by Crippen LogP contribution is 2.02. The van der Waals surface area contributed by atoms with Crippen molar-refractivity contribution < 1.29 is 14.5 Å². The topological polar surface area (TPSA) is 53.6 Å². The number of hydrogen-bond acceptors (Lipinski definition) is 4. The molecule has 1 rings (SSSR count). The zero-order valence-electron chi connectivity index (χ0n) is 4.48. The van der Waals surface area contributed by atoms with Gasteiger partial charge in [0, 0.05) is 4.90 Å². The lowest BCUT2D eigenvalue weighted by atomic mass is 9.88. The van der Waals surface area contributed by atoms with Crippen LogP contribution in [-0.4, -0.2) is 17.2 Å². The third-order valence-electron chi connectivity index (χ3n) is 0.860. The van der Waals surface area contributed by atoms with E-state index in [1.807, 2.05) is 0 Å². The van der Waals surface area contributed by atoms with E-state index >= 15 is 0 Å². The van der Waals surface area contributed by atoms with Crippen LogP contribution in [0.5, 0.6) is 0 Å². The predicted octanol–water partition coefficient (Wildman–Crippen LogP) is -0.752. The van der Waals surface area contributed by atoms with Gasteiger partial charge in [0.25, 0.3) is 0 Å². The maximum absolute atomic E-state index is 8.46. The van der Waals surface area contributed by atoms with Crippen molar-refractivity contribution in [3.8, 4) is 0 Å². The Balaban J connectivity index is 2.85. The van der Waals surface area contributed by atoms with E-state index in [0.717, 1.165) is 0 Å². The van der Waals surface area contributed by atoms with Crippen molar-refractivity contribution in [2.24, 2.45) is 0 Å². The lowest BCUT2D eigenvalue weighted by Crippen LogP contribution is -2.27. The molecule has 1 aromatic heterocycles. The molecule has 0 bridgehead atoms. The van der Waals surface area contributed by atoms with E-state index < -0.39 is 7.12 Å². The standard InChI is InChI=1S/C4H5BO3S/c6-5(7)4-1-3(9)2-8-4/h1-2,6-7,9H. The second-order valence-electron chi connectivity index (χ2n) is 1.58. The summed E-state index contributed by atoms with van der Waals surface area (Å²) in [5.41, 5.74) is 0.111. The minimum absolute atomic E-state index is 0.111. The Morgan fingerprint density at radius 1 is 1.56 bits per heavy atom. The van der Waals surface area contributed by atoms with Gasteiger partial charge >= 0.3 is 7.12 Å². The maximum Gasteiger partial charge on any atom is 0.526 e. The average Bonchev–Trinajstić information content (AvgIpc) is 2.14. The Labute approximate surface area is 57.9 Å². The number of furan rings is 1. The van der Waals surface area contributed by atoms with E-state index in [-0.39, 0.29) is 5.66 Å². The van der Waals surface area contributed by atoms with Crippen LogP contribution >= 0.6 is 12.6 Å². The van der Waals surface area contributed by atoms with Crippen molar-refractivity contribution in [2.75, 3.05) is 0 Å². The van der Waals surface area contributed by atoms with Crippen molar-refractivity contribution in [3.05, 3.63) is 12.3 Å². The van der Waals surface area contributed by atoms with E-state index in [9.17, 15) is 0 Å². The average molecular weight is 144 g/mol. The molecule has 0 atom stereocenters. The predicted molar refractivity (Wildman–Crippen MR) is 35.8 cm³/mol. The third-order valence-corrected chi connectivity index (χ3v) is 1.09. The van der Waals surface area contributed by atoms with Crippen molar-refractivity contribution >= 4 is 25.4 Å². The molecule has 0 spiro atoms. The molecule has 0 aliphatic rings. The second kappa shape index (κ2) is 2.47. The zero-order valence-corrected chi connectivity index (χ0v) is 5.38. The monoisotopic (exact) mass is 144 g/mol. The van der Waals surface area contributed by atoms with E-state index in [0.29, 0.717) is 4.90 Å². The molecule has 0 radical (unpaired) electrons. The van der Waals surface area contributed by atoms with Gasteiger partial charge in [-0.05, 0) is 6.07 Å². The van der Waals surface area contributed by atoms with E-state index in [2.05, 4.69) is 17.0 Å². The molecule has 48 valence electrons. The lowest BCUT2D eigenvalue weighted by molar-refractivity contribution is 0.409. The highest BCUT2D eigenvalue weighted by Gasteiger charge is 2.14. The summed E-state index contributed by atoms with van der Waals surface area (Å²) in [4.78, 5) is 0.582. The second-order valence-corrected chi connectivity index (χ2v) is 2.10. The minimum Gasteiger partial charge on any atom is -0.472 e. The van der Waals surface area contributed by atoms with Crippen LogP contribution in [0.1, 0.15) is 0 Å². The normalized spacial score (nSPS) is 9.67. The van der Waals surface area contributed by atoms with E-state index in [1.54, 1.807) is 0 Å². The molecule has 0 saturated heterocycles. The zero-order chi connectivity index (χ0) is 6.85. The molecule has 0 unspecified atom stereocenters. The Morgan fingerprint density at radius 2 is 2.22 bits per heavy atom. The van der Waals surface area contributed by atoms with Crippen LogP contribution in [0.2, 0.25) is 0 Å². The largest absolute Gasteiger partial charge is 0.526 e. The van der Waals surface area contributed by atoms with Gasteiger partial charge in [0.15, 0.2) is 0 Å². The van der Waals surface area contributed by atoms with E-state index in [1.165, 1.54) is 12.3 Å². The molecule has 0 aliphatic heterocycles. The fraction of sp³-hybridized carbons (Fsp3) is 0. The van der Waals surface area contributed by atoms with Crippen LogP contribution in [0.25, 0.3) is 0 Å². The van der Waals surface area contributed by atoms with Gasteiger partial charge in [0.2, 0.25) is 0 Å². The molecular weight excluding hydrogens is 139 g/mol. The Hall–Kier alpha value is -0.385. The molecule has 2 N–H and O–H groups in total. The third kappa shape index (κ3) is 1.51. The molecule has 0 aromatic carbocycles. The summed E-state index contributed by atoms with van der Waals surface area (Å²) in [7, 11) is -1.54.